The molecule has 0 radical (unpaired) electrons. The van der Waals surface area contributed by atoms with Crippen LogP contribution in [0.5, 0.6) is 0 Å². The first kappa shape index (κ1) is 19.3. The van der Waals surface area contributed by atoms with E-state index in [1.54, 1.807) is 0 Å². The van der Waals surface area contributed by atoms with Crippen molar-refractivity contribution >= 4 is 27.9 Å². The molecule has 2 aromatic carbocycles. The van der Waals surface area contributed by atoms with Gasteiger partial charge in [0, 0.05) is 4.47 Å². The monoisotopic (exact) mass is 454 g/mol. The average Bonchev–Trinajstić information content (AvgIpc) is 3.29. The number of hydrogen-bond donors (Lipinski definition) is 1. The Morgan fingerprint density at radius 1 is 1.07 bits per heavy atom. The lowest BCUT2D eigenvalue weighted by Gasteiger charge is -2.26. The Labute approximate surface area is 176 Å². The first-order chi connectivity index (χ1) is 14.0. The normalized spacial score (nSPS) is 18.9. The Kier molecular flexibility index (Phi) is 5.19. The molecule has 0 bridgehead atoms. The van der Waals surface area contributed by atoms with E-state index in [0.29, 0.717) is 12.3 Å². The van der Waals surface area contributed by atoms with E-state index in [2.05, 4.69) is 31.4 Å². The van der Waals surface area contributed by atoms with Crippen LogP contribution in [0.1, 0.15) is 31.2 Å². The van der Waals surface area contributed by atoms with E-state index in [-0.39, 0.29) is 18.3 Å². The van der Waals surface area contributed by atoms with Crippen LogP contribution >= 0.6 is 15.9 Å². The number of amides is 3. The summed E-state index contributed by atoms with van der Waals surface area (Å²) in [7, 11) is 0. The van der Waals surface area contributed by atoms with Crippen LogP contribution in [-0.2, 0) is 16.9 Å². The summed E-state index contributed by atoms with van der Waals surface area (Å²) in [6, 6.07) is 16.3. The largest absolute Gasteiger partial charge is 0.419 e. The lowest BCUT2D eigenvalue weighted by molar-refractivity contribution is -0.132. The number of halogens is 1. The van der Waals surface area contributed by atoms with Gasteiger partial charge in [-0.05, 0) is 40.0 Å². The number of benzene rings is 2. The molecule has 148 valence electrons. The van der Waals surface area contributed by atoms with Crippen molar-refractivity contribution in [3.8, 4) is 11.5 Å². The van der Waals surface area contributed by atoms with E-state index < -0.39 is 11.6 Å². The number of aromatic nitrogens is 2. The number of nitrogens with zero attached hydrogens (tertiary/aromatic N) is 3. The number of imide groups is 1. The van der Waals surface area contributed by atoms with E-state index in [9.17, 15) is 9.59 Å². The maximum Gasteiger partial charge on any atom is 0.325 e. The zero-order valence-electron chi connectivity index (χ0n) is 15.8. The highest BCUT2D eigenvalue weighted by Gasteiger charge is 2.52. The van der Waals surface area contributed by atoms with E-state index in [4.69, 9.17) is 4.42 Å². The Hall–Kier alpha value is -3.00. The fourth-order valence-electron chi connectivity index (χ4n) is 3.57. The highest BCUT2D eigenvalue weighted by Crippen LogP contribution is 2.34. The highest BCUT2D eigenvalue weighted by atomic mass is 79.9. The van der Waals surface area contributed by atoms with Crippen molar-refractivity contribution in [3.05, 3.63) is 70.5 Å². The summed E-state index contributed by atoms with van der Waals surface area (Å²) in [6.45, 7) is 1.90. The quantitative estimate of drug-likeness (QED) is 0.562. The molecule has 3 amide bonds. The number of hydrogen-bond acceptors (Lipinski definition) is 5. The van der Waals surface area contributed by atoms with E-state index in [1.807, 2.05) is 61.5 Å². The van der Waals surface area contributed by atoms with Gasteiger partial charge in [-0.15, -0.1) is 10.2 Å². The second-order valence-corrected chi connectivity index (χ2v) is 7.68. The Bertz CT molecular complexity index is 1050. The van der Waals surface area contributed by atoms with Gasteiger partial charge in [0.1, 0.15) is 12.1 Å². The third-order valence-corrected chi connectivity index (χ3v) is 5.62. The summed E-state index contributed by atoms with van der Waals surface area (Å²) in [4.78, 5) is 27.1. The van der Waals surface area contributed by atoms with Crippen LogP contribution in [0.25, 0.3) is 11.5 Å². The van der Waals surface area contributed by atoms with Gasteiger partial charge >= 0.3 is 6.03 Å². The van der Waals surface area contributed by atoms with Crippen molar-refractivity contribution in [1.82, 2.24) is 20.4 Å². The predicted molar refractivity (Wildman–Crippen MR) is 110 cm³/mol. The van der Waals surface area contributed by atoms with Crippen LogP contribution < -0.4 is 5.32 Å². The van der Waals surface area contributed by atoms with Gasteiger partial charge in [0.25, 0.3) is 5.91 Å². The molecule has 0 unspecified atom stereocenters. The molecule has 1 atom stereocenters. The van der Waals surface area contributed by atoms with Crippen LogP contribution in [-0.4, -0.2) is 27.0 Å². The second-order valence-electron chi connectivity index (χ2n) is 6.82. The fourth-order valence-corrected chi connectivity index (χ4v) is 4.03. The summed E-state index contributed by atoms with van der Waals surface area (Å²) in [5.74, 6) is 0.207. The SMILES string of the molecule is CCC[C@]1(c2ccccc2)NC(=O)N(Cc2nnc(-c3ccccc3Br)o2)C1=O. The topological polar surface area (TPSA) is 88.3 Å². The van der Waals surface area contributed by atoms with Gasteiger partial charge < -0.3 is 9.73 Å². The molecule has 1 saturated heterocycles. The fraction of sp³-hybridized carbons (Fsp3) is 0.238. The van der Waals surface area contributed by atoms with Crippen molar-refractivity contribution in [2.24, 2.45) is 0 Å². The molecule has 0 aliphatic carbocycles. The molecule has 4 rings (SSSR count). The Morgan fingerprint density at radius 3 is 2.52 bits per heavy atom. The number of urea groups is 1. The summed E-state index contributed by atoms with van der Waals surface area (Å²) < 4.78 is 6.53. The van der Waals surface area contributed by atoms with Gasteiger partial charge in [0.05, 0.1) is 5.56 Å². The number of rotatable bonds is 6. The minimum Gasteiger partial charge on any atom is -0.419 e. The lowest BCUT2D eigenvalue weighted by Crippen LogP contribution is -2.43. The van der Waals surface area contributed by atoms with E-state index in [0.717, 1.165) is 26.9 Å². The molecule has 0 spiro atoms. The molecule has 1 aliphatic rings. The van der Waals surface area contributed by atoms with Crippen LogP contribution in [0.15, 0.2) is 63.5 Å². The third kappa shape index (κ3) is 3.44. The van der Waals surface area contributed by atoms with Gasteiger partial charge in [-0.2, -0.15) is 0 Å². The first-order valence-corrected chi connectivity index (χ1v) is 10.1. The van der Waals surface area contributed by atoms with Gasteiger partial charge in [-0.25, -0.2) is 4.79 Å². The number of nitrogens with one attached hydrogen (secondary N) is 1. The Balaban J connectivity index is 1.61. The molecule has 8 heteroatoms. The van der Waals surface area contributed by atoms with Crippen LogP contribution in [0, 0.1) is 0 Å². The molecule has 1 aliphatic heterocycles. The molecule has 2 heterocycles. The van der Waals surface area contributed by atoms with Gasteiger partial charge in [-0.3, -0.25) is 9.69 Å². The van der Waals surface area contributed by atoms with Crippen molar-refractivity contribution in [3.63, 3.8) is 0 Å². The second kappa shape index (κ2) is 7.79. The molecule has 29 heavy (non-hydrogen) atoms. The zero-order chi connectivity index (χ0) is 20.4. The van der Waals surface area contributed by atoms with Gasteiger partial charge in [0.2, 0.25) is 11.8 Å². The summed E-state index contributed by atoms with van der Waals surface area (Å²) in [6.07, 6.45) is 1.24. The molecule has 1 N–H and O–H groups in total. The highest BCUT2D eigenvalue weighted by molar-refractivity contribution is 9.10. The van der Waals surface area contributed by atoms with Gasteiger partial charge in [-0.1, -0.05) is 55.8 Å². The molecule has 1 fully saturated rings. The summed E-state index contributed by atoms with van der Waals surface area (Å²) in [5, 5.41) is 11.0. The smallest absolute Gasteiger partial charge is 0.325 e. The predicted octanol–water partition coefficient (Wildman–Crippen LogP) is 4.25. The zero-order valence-corrected chi connectivity index (χ0v) is 17.3. The third-order valence-electron chi connectivity index (χ3n) is 4.93. The molecular formula is C21H19BrN4O3. The van der Waals surface area contributed by atoms with Gasteiger partial charge in [0.15, 0.2) is 0 Å². The minimum absolute atomic E-state index is 0.0829. The Morgan fingerprint density at radius 2 is 1.79 bits per heavy atom. The maximum atomic E-state index is 13.3. The van der Waals surface area contributed by atoms with E-state index >= 15 is 0 Å². The molecular weight excluding hydrogens is 436 g/mol. The van der Waals surface area contributed by atoms with Crippen molar-refractivity contribution in [2.75, 3.05) is 0 Å². The maximum absolute atomic E-state index is 13.3. The first-order valence-electron chi connectivity index (χ1n) is 9.32. The van der Waals surface area contributed by atoms with E-state index in [1.165, 1.54) is 0 Å². The van der Waals surface area contributed by atoms with Crippen LogP contribution in [0.2, 0.25) is 0 Å². The number of carbonyl (C=O) groups is 2. The number of carbonyl (C=O) groups excluding carboxylic acids is 2. The summed E-state index contributed by atoms with van der Waals surface area (Å²) >= 11 is 3.45. The minimum atomic E-state index is -1.07. The van der Waals surface area contributed by atoms with Crippen molar-refractivity contribution < 1.29 is 14.0 Å². The summed E-state index contributed by atoms with van der Waals surface area (Å²) in [5.41, 5.74) is 0.438. The molecule has 7 nitrogen and oxygen atoms in total. The van der Waals surface area contributed by atoms with Crippen molar-refractivity contribution in [2.45, 2.75) is 31.8 Å². The van der Waals surface area contributed by atoms with Crippen LogP contribution in [0.4, 0.5) is 4.79 Å². The molecule has 3 aromatic rings. The lowest BCUT2D eigenvalue weighted by atomic mass is 9.85. The van der Waals surface area contributed by atoms with Crippen LogP contribution in [0.3, 0.4) is 0 Å². The standard InChI is InChI=1S/C21H19BrN4O3/c1-2-12-21(14-8-4-3-5-9-14)19(27)26(20(28)23-21)13-17-24-25-18(29-17)15-10-6-7-11-16(15)22/h3-11H,2,12-13H2,1H3,(H,23,28)/t21-/m1/s1. The van der Waals surface area contributed by atoms with Crippen molar-refractivity contribution in [1.29, 1.82) is 0 Å². The molecule has 1 aromatic heterocycles. The average molecular weight is 455 g/mol. The molecule has 0 saturated carbocycles.